The van der Waals surface area contributed by atoms with Crippen molar-refractivity contribution in [3.8, 4) is 23.0 Å². The van der Waals surface area contributed by atoms with Crippen molar-refractivity contribution in [3.05, 3.63) is 47.0 Å². The van der Waals surface area contributed by atoms with Crippen LogP contribution in [0.4, 0.5) is 0 Å². The number of ether oxygens (including phenoxy) is 2. The summed E-state index contributed by atoms with van der Waals surface area (Å²) in [5.41, 5.74) is 0.572. The average Bonchev–Trinajstić information content (AvgIpc) is 2.62. The molecule has 2 N–H and O–H groups in total. The van der Waals surface area contributed by atoms with Gasteiger partial charge in [-0.1, -0.05) is 6.07 Å². The maximum absolute atomic E-state index is 10.4. The molecule has 0 heterocycles. The summed E-state index contributed by atoms with van der Waals surface area (Å²) < 4.78 is 9.54. The zero-order valence-corrected chi connectivity index (χ0v) is 13.1. The van der Waals surface area contributed by atoms with Crippen molar-refractivity contribution in [2.24, 2.45) is 0 Å². The molecule has 0 saturated heterocycles. The van der Waals surface area contributed by atoms with E-state index < -0.39 is 0 Å². The van der Waals surface area contributed by atoms with Crippen LogP contribution in [0.3, 0.4) is 0 Å². The molecule has 0 bridgehead atoms. The standard InChI is InChI=1S/C9H8O4.C8H8O3/c1-13-8-3-6(4-10)2-7(5-11)9(8)12;1-11-7-4-2-3-6(5-9)8(7)10/h2-5,12H,1H3;2-5,10H,1H3. The molecule has 0 aromatic heterocycles. The molecule has 7 heteroatoms. The highest BCUT2D eigenvalue weighted by molar-refractivity contribution is 5.86. The van der Waals surface area contributed by atoms with Crippen molar-refractivity contribution in [2.45, 2.75) is 0 Å². The first-order valence-corrected chi connectivity index (χ1v) is 6.64. The van der Waals surface area contributed by atoms with Crippen LogP contribution >= 0.6 is 0 Å². The lowest BCUT2D eigenvalue weighted by molar-refractivity contribution is 0.111. The molecule has 0 radical (unpaired) electrons. The van der Waals surface area contributed by atoms with Crippen LogP contribution in [0, 0.1) is 0 Å². The van der Waals surface area contributed by atoms with Crippen LogP contribution in [0.25, 0.3) is 0 Å². The normalized spacial score (nSPS) is 9.25. The number of aldehydes is 3. The van der Waals surface area contributed by atoms with E-state index in [1.807, 2.05) is 0 Å². The summed E-state index contributed by atoms with van der Waals surface area (Å²) in [4.78, 5) is 31.1. The molecular formula is C17H16O7. The van der Waals surface area contributed by atoms with E-state index in [9.17, 15) is 24.6 Å². The summed E-state index contributed by atoms with van der Waals surface area (Å²) in [6, 6.07) is 7.39. The Balaban J connectivity index is 0.000000243. The van der Waals surface area contributed by atoms with Crippen LogP contribution in [0.1, 0.15) is 31.1 Å². The zero-order chi connectivity index (χ0) is 18.1. The molecule has 0 fully saturated rings. The summed E-state index contributed by atoms with van der Waals surface area (Å²) in [6.07, 6.45) is 1.62. The Labute approximate surface area is 138 Å². The highest BCUT2D eigenvalue weighted by Crippen LogP contribution is 2.29. The van der Waals surface area contributed by atoms with Gasteiger partial charge in [-0.05, 0) is 24.3 Å². The maximum Gasteiger partial charge on any atom is 0.168 e. The minimum Gasteiger partial charge on any atom is -0.504 e. The summed E-state index contributed by atoms with van der Waals surface area (Å²) >= 11 is 0. The molecule has 0 amide bonds. The molecule has 0 aliphatic carbocycles. The number of carbonyl (C=O) groups is 3. The number of phenols is 2. The molecule has 0 unspecified atom stereocenters. The molecule has 0 saturated carbocycles. The van der Waals surface area contributed by atoms with E-state index in [0.29, 0.717) is 24.6 Å². The Hall–Kier alpha value is -3.35. The van der Waals surface area contributed by atoms with Gasteiger partial charge in [0.1, 0.15) is 6.29 Å². The van der Waals surface area contributed by atoms with Gasteiger partial charge in [0.15, 0.2) is 35.6 Å². The van der Waals surface area contributed by atoms with Gasteiger partial charge < -0.3 is 19.7 Å². The summed E-state index contributed by atoms with van der Waals surface area (Å²) in [5.74, 6) is 0.0781. The number of hydrogen-bond donors (Lipinski definition) is 2. The van der Waals surface area contributed by atoms with Gasteiger partial charge in [-0.25, -0.2) is 0 Å². The quantitative estimate of drug-likeness (QED) is 0.808. The van der Waals surface area contributed by atoms with Crippen molar-refractivity contribution in [1.29, 1.82) is 0 Å². The van der Waals surface area contributed by atoms with Gasteiger partial charge in [0, 0.05) is 5.56 Å². The first-order chi connectivity index (χ1) is 11.5. The molecule has 2 aromatic rings. The molecule has 7 nitrogen and oxygen atoms in total. The summed E-state index contributed by atoms with van der Waals surface area (Å²) in [5, 5.41) is 18.6. The second-order valence-corrected chi connectivity index (χ2v) is 4.41. The second kappa shape index (κ2) is 8.94. The van der Waals surface area contributed by atoms with Gasteiger partial charge in [-0.2, -0.15) is 0 Å². The Morgan fingerprint density at radius 3 is 1.88 bits per heavy atom. The van der Waals surface area contributed by atoms with Gasteiger partial charge in [0.05, 0.1) is 25.3 Å². The van der Waals surface area contributed by atoms with E-state index in [1.165, 1.54) is 32.4 Å². The third-order valence-corrected chi connectivity index (χ3v) is 2.99. The third kappa shape index (κ3) is 4.33. The van der Waals surface area contributed by atoms with Gasteiger partial charge in [-0.15, -0.1) is 0 Å². The van der Waals surface area contributed by atoms with E-state index in [0.717, 1.165) is 0 Å². The smallest absolute Gasteiger partial charge is 0.168 e. The van der Waals surface area contributed by atoms with Gasteiger partial charge >= 0.3 is 0 Å². The number of aromatic hydroxyl groups is 2. The van der Waals surface area contributed by atoms with Crippen LogP contribution in [0.5, 0.6) is 23.0 Å². The van der Waals surface area contributed by atoms with Gasteiger partial charge in [0.2, 0.25) is 0 Å². The first-order valence-electron chi connectivity index (χ1n) is 6.64. The number of methoxy groups -OCH3 is 2. The number of phenolic OH excluding ortho intramolecular Hbond substituents is 2. The molecule has 2 aromatic carbocycles. The lowest BCUT2D eigenvalue weighted by Gasteiger charge is -2.05. The van der Waals surface area contributed by atoms with Gasteiger partial charge in [0.25, 0.3) is 0 Å². The molecule has 126 valence electrons. The lowest BCUT2D eigenvalue weighted by atomic mass is 10.1. The topological polar surface area (TPSA) is 110 Å². The fraction of sp³-hybridized carbons (Fsp3) is 0.118. The van der Waals surface area contributed by atoms with E-state index in [1.54, 1.807) is 12.1 Å². The third-order valence-electron chi connectivity index (χ3n) is 2.99. The fourth-order valence-corrected chi connectivity index (χ4v) is 1.76. The average molecular weight is 332 g/mol. The van der Waals surface area contributed by atoms with E-state index in [-0.39, 0.29) is 33.9 Å². The van der Waals surface area contributed by atoms with E-state index in [2.05, 4.69) is 0 Å². The number of carbonyl (C=O) groups excluding carboxylic acids is 3. The molecular weight excluding hydrogens is 316 g/mol. The van der Waals surface area contributed by atoms with Crippen LogP contribution in [-0.4, -0.2) is 43.3 Å². The number of rotatable bonds is 5. The van der Waals surface area contributed by atoms with Crippen molar-refractivity contribution in [2.75, 3.05) is 14.2 Å². The predicted octanol–water partition coefficient (Wildman–Crippen LogP) is 2.24. The van der Waals surface area contributed by atoms with Crippen LogP contribution < -0.4 is 9.47 Å². The van der Waals surface area contributed by atoms with Crippen molar-refractivity contribution in [3.63, 3.8) is 0 Å². The second-order valence-electron chi connectivity index (χ2n) is 4.41. The minimum atomic E-state index is -0.247. The SMILES string of the molecule is COc1cc(C=O)cc(C=O)c1O.COc1cccc(C=O)c1O. The molecule has 0 spiro atoms. The molecule has 2 rings (SSSR count). The Morgan fingerprint density at radius 1 is 0.792 bits per heavy atom. The summed E-state index contributed by atoms with van der Waals surface area (Å²) in [7, 11) is 2.78. The molecule has 0 atom stereocenters. The first kappa shape index (κ1) is 18.7. The van der Waals surface area contributed by atoms with Gasteiger partial charge in [-0.3, -0.25) is 14.4 Å². The van der Waals surface area contributed by atoms with E-state index >= 15 is 0 Å². The van der Waals surface area contributed by atoms with Crippen molar-refractivity contribution < 1.29 is 34.1 Å². The largest absolute Gasteiger partial charge is 0.504 e. The van der Waals surface area contributed by atoms with Crippen molar-refractivity contribution >= 4 is 18.9 Å². The molecule has 0 aliphatic rings. The maximum atomic E-state index is 10.4. The fourth-order valence-electron chi connectivity index (χ4n) is 1.76. The van der Waals surface area contributed by atoms with Crippen LogP contribution in [0.15, 0.2) is 30.3 Å². The highest BCUT2D eigenvalue weighted by Gasteiger charge is 2.09. The number of hydrogen-bond acceptors (Lipinski definition) is 7. The minimum absolute atomic E-state index is 0.0430. The highest BCUT2D eigenvalue weighted by atomic mass is 16.5. The predicted molar refractivity (Wildman–Crippen MR) is 85.5 cm³/mol. The van der Waals surface area contributed by atoms with Crippen LogP contribution in [0.2, 0.25) is 0 Å². The zero-order valence-electron chi connectivity index (χ0n) is 13.1. The van der Waals surface area contributed by atoms with Crippen molar-refractivity contribution in [1.82, 2.24) is 0 Å². The number of benzene rings is 2. The Bertz CT molecular complexity index is 738. The lowest BCUT2D eigenvalue weighted by Crippen LogP contribution is -1.91. The number of para-hydroxylation sites is 1. The Morgan fingerprint density at radius 2 is 1.38 bits per heavy atom. The van der Waals surface area contributed by atoms with E-state index in [4.69, 9.17) is 9.47 Å². The monoisotopic (exact) mass is 332 g/mol. The Kier molecular flexibility index (Phi) is 6.97. The summed E-state index contributed by atoms with van der Waals surface area (Å²) in [6.45, 7) is 0. The van der Waals surface area contributed by atoms with Crippen LogP contribution in [-0.2, 0) is 0 Å². The molecule has 0 aliphatic heterocycles. The molecule has 24 heavy (non-hydrogen) atoms.